The van der Waals surface area contributed by atoms with Gasteiger partial charge in [-0.3, -0.25) is 14.3 Å². The van der Waals surface area contributed by atoms with Crippen molar-refractivity contribution < 1.29 is 0 Å². The number of nitrogen functional groups attached to an aromatic ring is 2. The number of nitrogens with one attached hydrogen (secondary N) is 1. The minimum atomic E-state index is -0.463. The molecule has 0 amide bonds. The minimum absolute atomic E-state index is 0.0301. The highest BCUT2D eigenvalue weighted by molar-refractivity contribution is 7.71. The Balaban J connectivity index is 2.82. The Morgan fingerprint density at radius 3 is 2.44 bits per heavy atom. The van der Waals surface area contributed by atoms with E-state index in [4.69, 9.17) is 23.7 Å². The molecule has 0 saturated heterocycles. The van der Waals surface area contributed by atoms with Gasteiger partial charge in [0.05, 0.1) is 0 Å². The number of hydrogen-bond acceptors (Lipinski definition) is 4. The maximum Gasteiger partial charge on any atom is 0.277 e. The molecule has 0 unspecified atom stereocenters. The van der Waals surface area contributed by atoms with Crippen molar-refractivity contribution in [1.82, 2.24) is 9.55 Å². The monoisotopic (exact) mass is 234 g/mol. The van der Waals surface area contributed by atoms with E-state index in [-0.39, 0.29) is 16.3 Å². The van der Waals surface area contributed by atoms with Gasteiger partial charge in [-0.1, -0.05) is 18.2 Å². The van der Waals surface area contributed by atoms with Crippen molar-refractivity contribution in [2.45, 2.75) is 0 Å². The summed E-state index contributed by atoms with van der Waals surface area (Å²) in [6.07, 6.45) is 0. The third-order valence-electron chi connectivity index (χ3n) is 2.20. The van der Waals surface area contributed by atoms with Crippen LogP contribution < -0.4 is 17.0 Å². The molecule has 0 spiro atoms. The molecule has 0 saturated carbocycles. The van der Waals surface area contributed by atoms with Crippen LogP contribution in [0.2, 0.25) is 0 Å². The number of anilines is 2. The van der Waals surface area contributed by atoms with Crippen molar-refractivity contribution in [3.8, 4) is 5.69 Å². The normalized spacial score (nSPS) is 10.2. The number of H-pyrrole nitrogens is 1. The number of nitrogens with zero attached hydrogens (tertiary/aromatic N) is 1. The van der Waals surface area contributed by atoms with Crippen molar-refractivity contribution in [1.29, 1.82) is 0 Å². The smallest absolute Gasteiger partial charge is 0.277 e. The van der Waals surface area contributed by atoms with Crippen molar-refractivity contribution in [3.05, 3.63) is 45.5 Å². The number of para-hydroxylation sites is 1. The SMILES string of the molecule is Nc1c(N)n(-c2ccccc2)c(=S)[nH]c1=O. The summed E-state index contributed by atoms with van der Waals surface area (Å²) in [5.41, 5.74) is 11.6. The zero-order valence-corrected chi connectivity index (χ0v) is 9.12. The van der Waals surface area contributed by atoms with Crippen LogP contribution in [0.4, 0.5) is 11.5 Å². The molecule has 5 nitrogen and oxygen atoms in total. The van der Waals surface area contributed by atoms with Crippen LogP contribution in [0.5, 0.6) is 0 Å². The lowest BCUT2D eigenvalue weighted by molar-refractivity contribution is 0.955. The van der Waals surface area contributed by atoms with Crippen LogP contribution in [-0.4, -0.2) is 9.55 Å². The molecular formula is C10H10N4OS. The van der Waals surface area contributed by atoms with Gasteiger partial charge in [-0.15, -0.1) is 0 Å². The van der Waals surface area contributed by atoms with Crippen molar-refractivity contribution >= 4 is 23.7 Å². The molecule has 0 atom stereocenters. The molecule has 16 heavy (non-hydrogen) atoms. The first-order valence-corrected chi connectivity index (χ1v) is 4.98. The lowest BCUT2D eigenvalue weighted by Gasteiger charge is -2.11. The first-order chi connectivity index (χ1) is 7.61. The molecule has 1 heterocycles. The zero-order valence-electron chi connectivity index (χ0n) is 8.31. The Kier molecular flexibility index (Phi) is 2.49. The molecule has 1 aromatic heterocycles. The second-order valence-corrected chi connectivity index (χ2v) is 3.62. The molecular weight excluding hydrogens is 224 g/mol. The van der Waals surface area contributed by atoms with Crippen LogP contribution in [0.25, 0.3) is 5.69 Å². The fraction of sp³-hybridized carbons (Fsp3) is 0. The Labute approximate surface area is 96.3 Å². The molecule has 0 aliphatic carbocycles. The maximum atomic E-state index is 11.3. The van der Waals surface area contributed by atoms with Gasteiger partial charge in [0.2, 0.25) is 0 Å². The molecule has 6 heteroatoms. The molecule has 0 bridgehead atoms. The van der Waals surface area contributed by atoms with Crippen molar-refractivity contribution in [2.75, 3.05) is 11.5 Å². The van der Waals surface area contributed by atoms with E-state index in [1.165, 1.54) is 4.57 Å². The molecule has 0 aliphatic heterocycles. The average Bonchev–Trinajstić information content (AvgIpc) is 2.28. The predicted molar refractivity (Wildman–Crippen MR) is 66.0 cm³/mol. The molecule has 0 fully saturated rings. The van der Waals surface area contributed by atoms with E-state index in [2.05, 4.69) is 4.98 Å². The molecule has 1 aromatic carbocycles. The van der Waals surface area contributed by atoms with Crippen molar-refractivity contribution in [3.63, 3.8) is 0 Å². The van der Waals surface area contributed by atoms with Crippen LogP contribution in [-0.2, 0) is 0 Å². The van der Waals surface area contributed by atoms with E-state index in [1.54, 1.807) is 0 Å². The van der Waals surface area contributed by atoms with Crippen LogP contribution in [0.3, 0.4) is 0 Å². The second kappa shape index (κ2) is 3.82. The van der Waals surface area contributed by atoms with E-state index in [0.717, 1.165) is 5.69 Å². The van der Waals surface area contributed by atoms with Gasteiger partial charge < -0.3 is 11.5 Å². The highest BCUT2D eigenvalue weighted by atomic mass is 32.1. The molecule has 82 valence electrons. The summed E-state index contributed by atoms with van der Waals surface area (Å²) >= 11 is 5.04. The fourth-order valence-electron chi connectivity index (χ4n) is 1.40. The van der Waals surface area contributed by atoms with Crippen LogP contribution in [0.15, 0.2) is 35.1 Å². The highest BCUT2D eigenvalue weighted by Crippen LogP contribution is 2.15. The highest BCUT2D eigenvalue weighted by Gasteiger charge is 2.08. The van der Waals surface area contributed by atoms with Crippen molar-refractivity contribution in [2.24, 2.45) is 0 Å². The second-order valence-electron chi connectivity index (χ2n) is 3.23. The summed E-state index contributed by atoms with van der Waals surface area (Å²) in [5.74, 6) is 0.153. The van der Waals surface area contributed by atoms with E-state index in [9.17, 15) is 4.79 Å². The Morgan fingerprint density at radius 2 is 1.81 bits per heavy atom. The first kappa shape index (κ1) is 10.4. The van der Waals surface area contributed by atoms with Crippen LogP contribution in [0.1, 0.15) is 0 Å². The summed E-state index contributed by atoms with van der Waals surface area (Å²) in [7, 11) is 0. The summed E-state index contributed by atoms with van der Waals surface area (Å²) in [6.45, 7) is 0. The van der Waals surface area contributed by atoms with Crippen LogP contribution in [0, 0.1) is 4.77 Å². The Morgan fingerprint density at radius 1 is 1.19 bits per heavy atom. The molecule has 5 N–H and O–H groups in total. The van der Waals surface area contributed by atoms with Gasteiger partial charge in [0.15, 0.2) is 4.77 Å². The van der Waals surface area contributed by atoms with Gasteiger partial charge in [0, 0.05) is 5.69 Å². The van der Waals surface area contributed by atoms with Gasteiger partial charge in [-0.2, -0.15) is 0 Å². The topological polar surface area (TPSA) is 89.8 Å². The number of nitrogens with two attached hydrogens (primary N) is 2. The number of aromatic nitrogens is 2. The number of rotatable bonds is 1. The molecule has 2 rings (SSSR count). The summed E-state index contributed by atoms with van der Waals surface area (Å²) in [6, 6.07) is 9.21. The van der Waals surface area contributed by atoms with Gasteiger partial charge >= 0.3 is 0 Å². The van der Waals surface area contributed by atoms with E-state index < -0.39 is 5.56 Å². The zero-order chi connectivity index (χ0) is 11.7. The fourth-order valence-corrected chi connectivity index (χ4v) is 1.70. The lowest BCUT2D eigenvalue weighted by atomic mass is 10.3. The Hall–Kier alpha value is -2.08. The van der Waals surface area contributed by atoms with E-state index in [1.807, 2.05) is 30.3 Å². The Bertz CT molecular complexity index is 630. The minimum Gasteiger partial charge on any atom is -0.391 e. The first-order valence-electron chi connectivity index (χ1n) is 4.57. The van der Waals surface area contributed by atoms with Gasteiger partial charge in [0.25, 0.3) is 5.56 Å². The molecule has 2 aromatic rings. The van der Waals surface area contributed by atoms with Gasteiger partial charge in [-0.05, 0) is 24.4 Å². The summed E-state index contributed by atoms with van der Waals surface area (Å²) in [4.78, 5) is 13.8. The quantitative estimate of drug-likeness (QED) is 0.643. The average molecular weight is 234 g/mol. The number of benzene rings is 1. The third kappa shape index (κ3) is 1.59. The number of hydrogen-bond donors (Lipinski definition) is 3. The predicted octanol–water partition coefficient (Wildman–Crippen LogP) is 1.06. The summed E-state index contributed by atoms with van der Waals surface area (Å²) in [5, 5.41) is 0. The molecule has 0 radical (unpaired) electrons. The van der Waals surface area contributed by atoms with E-state index in [0.29, 0.717) is 0 Å². The lowest BCUT2D eigenvalue weighted by Crippen LogP contribution is -2.20. The van der Waals surface area contributed by atoms with E-state index >= 15 is 0 Å². The maximum absolute atomic E-state index is 11.3. The van der Waals surface area contributed by atoms with Gasteiger partial charge in [-0.25, -0.2) is 0 Å². The molecule has 0 aliphatic rings. The van der Waals surface area contributed by atoms with Gasteiger partial charge in [0.1, 0.15) is 11.5 Å². The largest absolute Gasteiger partial charge is 0.391 e. The standard InChI is InChI=1S/C10H10N4OS/c11-7-8(12)14(10(16)13-9(7)15)6-4-2-1-3-5-6/h1-5H,11-12H2,(H,13,15,16). The van der Waals surface area contributed by atoms with Crippen LogP contribution >= 0.6 is 12.2 Å². The number of aromatic amines is 1. The summed E-state index contributed by atoms with van der Waals surface area (Å²) < 4.78 is 1.74. The third-order valence-corrected chi connectivity index (χ3v) is 2.48.